The van der Waals surface area contributed by atoms with Crippen LogP contribution in [0.25, 0.3) is 0 Å². The Morgan fingerprint density at radius 3 is 2.59 bits per heavy atom. The number of nitrogens with zero attached hydrogens (tertiary/aromatic N) is 2. The third-order valence-electron chi connectivity index (χ3n) is 6.09. The molecule has 168 valence electrons. The number of nitrogens with one attached hydrogen (secondary N) is 1. The topological polar surface area (TPSA) is 80.2 Å². The first kappa shape index (κ1) is 22.1. The van der Waals surface area contributed by atoms with E-state index in [1.807, 2.05) is 26.0 Å². The van der Waals surface area contributed by atoms with Crippen molar-refractivity contribution >= 4 is 46.2 Å². The molecule has 1 fully saturated rings. The lowest BCUT2D eigenvalue weighted by molar-refractivity contribution is -0.123. The lowest BCUT2D eigenvalue weighted by Crippen LogP contribution is -2.42. The second-order valence-corrected chi connectivity index (χ2v) is 8.54. The highest BCUT2D eigenvalue weighted by Crippen LogP contribution is 2.40. The summed E-state index contributed by atoms with van der Waals surface area (Å²) < 4.78 is 10.6. The Balaban J connectivity index is 1.65. The van der Waals surface area contributed by atoms with Crippen LogP contribution >= 0.6 is 11.6 Å². The van der Waals surface area contributed by atoms with Crippen LogP contribution in [0.1, 0.15) is 30.4 Å². The highest BCUT2D eigenvalue weighted by Gasteiger charge is 2.37. The average Bonchev–Trinajstić information content (AvgIpc) is 3.19. The maximum absolute atomic E-state index is 13.4. The predicted molar refractivity (Wildman–Crippen MR) is 126 cm³/mol. The maximum Gasteiger partial charge on any atom is 0.244 e. The minimum atomic E-state index is -0.358. The highest BCUT2D eigenvalue weighted by atomic mass is 35.5. The van der Waals surface area contributed by atoms with Gasteiger partial charge in [-0.2, -0.15) is 0 Å². The van der Waals surface area contributed by atoms with E-state index >= 15 is 0 Å². The fraction of sp³-hybridized carbons (Fsp3) is 0.375. The molecule has 4 rings (SSSR count). The summed E-state index contributed by atoms with van der Waals surface area (Å²) in [6, 6.07) is 7.10. The van der Waals surface area contributed by atoms with Gasteiger partial charge < -0.3 is 19.7 Å². The Kier molecular flexibility index (Phi) is 6.11. The smallest absolute Gasteiger partial charge is 0.244 e. The molecule has 2 aromatic rings. The molecular formula is C24H26ClN3O4. The number of rotatable bonds is 5. The van der Waals surface area contributed by atoms with Crippen LogP contribution in [0.3, 0.4) is 0 Å². The van der Waals surface area contributed by atoms with Crippen LogP contribution in [0.2, 0.25) is 5.02 Å². The first-order valence-electron chi connectivity index (χ1n) is 10.5. The van der Waals surface area contributed by atoms with E-state index in [9.17, 15) is 9.59 Å². The van der Waals surface area contributed by atoms with Gasteiger partial charge in [0.25, 0.3) is 0 Å². The van der Waals surface area contributed by atoms with E-state index in [0.29, 0.717) is 27.9 Å². The molecule has 1 atom stereocenters. The molecule has 0 radical (unpaired) electrons. The van der Waals surface area contributed by atoms with Crippen LogP contribution in [0.5, 0.6) is 11.5 Å². The van der Waals surface area contributed by atoms with Crippen molar-refractivity contribution in [2.75, 3.05) is 31.0 Å². The van der Waals surface area contributed by atoms with Gasteiger partial charge in [0.1, 0.15) is 18.0 Å². The summed E-state index contributed by atoms with van der Waals surface area (Å²) in [6.45, 7) is 3.87. The first-order valence-corrected chi connectivity index (χ1v) is 10.9. The molecule has 1 saturated carbocycles. The van der Waals surface area contributed by atoms with E-state index in [4.69, 9.17) is 26.1 Å². The second kappa shape index (κ2) is 8.82. The lowest BCUT2D eigenvalue weighted by atomic mass is 10.0. The highest BCUT2D eigenvalue weighted by molar-refractivity contribution is 6.32. The van der Waals surface area contributed by atoms with Gasteiger partial charge in [0, 0.05) is 11.8 Å². The molecule has 0 aromatic heterocycles. The second-order valence-electron chi connectivity index (χ2n) is 8.13. The number of benzene rings is 2. The van der Waals surface area contributed by atoms with Crippen molar-refractivity contribution in [2.24, 2.45) is 10.9 Å². The lowest BCUT2D eigenvalue weighted by Gasteiger charge is -2.25. The third kappa shape index (κ3) is 4.05. The number of hydrogen-bond donors (Lipinski definition) is 1. The minimum Gasteiger partial charge on any atom is -0.495 e. The Hall–Kier alpha value is -3.06. The van der Waals surface area contributed by atoms with Crippen LogP contribution in [0, 0.1) is 19.8 Å². The summed E-state index contributed by atoms with van der Waals surface area (Å²) >= 11 is 6.23. The van der Waals surface area contributed by atoms with Crippen molar-refractivity contribution < 1.29 is 19.1 Å². The zero-order valence-electron chi connectivity index (χ0n) is 18.6. The van der Waals surface area contributed by atoms with E-state index in [2.05, 4.69) is 5.32 Å². The fourth-order valence-electron chi connectivity index (χ4n) is 4.24. The SMILES string of the molecule is COc1cc(OC)c(NC(=O)CN2C(=O)[C@H]3CCCC3=Nc3cc(C)c(C)cc32)cc1Cl. The van der Waals surface area contributed by atoms with Gasteiger partial charge in [0.15, 0.2) is 0 Å². The summed E-state index contributed by atoms with van der Waals surface area (Å²) in [4.78, 5) is 32.9. The molecule has 2 aromatic carbocycles. The number of halogens is 1. The van der Waals surface area contributed by atoms with Crippen LogP contribution in [0.4, 0.5) is 17.1 Å². The number of aryl methyl sites for hydroxylation is 2. The number of aliphatic imine (C=N–C) groups is 1. The number of ether oxygens (including phenoxy) is 2. The maximum atomic E-state index is 13.4. The number of carbonyl (C=O) groups is 2. The molecule has 0 saturated heterocycles. The molecule has 1 aliphatic heterocycles. The number of amides is 2. The van der Waals surface area contributed by atoms with Crippen molar-refractivity contribution in [1.82, 2.24) is 0 Å². The van der Waals surface area contributed by atoms with E-state index < -0.39 is 0 Å². The normalized spacial score (nSPS) is 17.3. The summed E-state index contributed by atoms with van der Waals surface area (Å²) in [5.74, 6) is 0.132. The summed E-state index contributed by atoms with van der Waals surface area (Å²) in [5, 5.41) is 3.17. The molecule has 32 heavy (non-hydrogen) atoms. The average molecular weight is 456 g/mol. The molecule has 1 heterocycles. The molecule has 2 amide bonds. The van der Waals surface area contributed by atoms with Gasteiger partial charge >= 0.3 is 0 Å². The molecule has 1 N–H and O–H groups in total. The molecular weight excluding hydrogens is 430 g/mol. The molecule has 0 spiro atoms. The summed E-state index contributed by atoms with van der Waals surface area (Å²) in [5.41, 5.74) is 4.85. The van der Waals surface area contributed by atoms with Gasteiger partial charge in [0.05, 0.1) is 42.2 Å². The Morgan fingerprint density at radius 2 is 1.88 bits per heavy atom. The van der Waals surface area contributed by atoms with Crippen LogP contribution in [-0.4, -0.2) is 38.3 Å². The quantitative estimate of drug-likeness (QED) is 0.700. The zero-order chi connectivity index (χ0) is 23.0. The predicted octanol–water partition coefficient (Wildman–Crippen LogP) is 4.83. The van der Waals surface area contributed by atoms with Gasteiger partial charge in [0.2, 0.25) is 11.8 Å². The van der Waals surface area contributed by atoms with Crippen molar-refractivity contribution in [2.45, 2.75) is 33.1 Å². The van der Waals surface area contributed by atoms with E-state index in [0.717, 1.165) is 41.8 Å². The Labute approximate surface area is 192 Å². The largest absolute Gasteiger partial charge is 0.495 e. The summed E-state index contributed by atoms with van der Waals surface area (Å²) in [6.07, 6.45) is 2.49. The van der Waals surface area contributed by atoms with E-state index in [1.165, 1.54) is 14.2 Å². The number of carbonyl (C=O) groups excluding carboxylic acids is 2. The van der Waals surface area contributed by atoms with Crippen LogP contribution in [0.15, 0.2) is 29.3 Å². The van der Waals surface area contributed by atoms with Crippen molar-refractivity contribution in [3.8, 4) is 11.5 Å². The number of hydrogen-bond acceptors (Lipinski definition) is 5. The van der Waals surface area contributed by atoms with E-state index in [1.54, 1.807) is 17.0 Å². The number of fused-ring (bicyclic) bond motifs is 2. The van der Waals surface area contributed by atoms with Gasteiger partial charge in [-0.15, -0.1) is 0 Å². The van der Waals surface area contributed by atoms with Crippen molar-refractivity contribution in [1.29, 1.82) is 0 Å². The van der Waals surface area contributed by atoms with Crippen LogP contribution < -0.4 is 19.7 Å². The zero-order valence-corrected chi connectivity index (χ0v) is 19.4. The summed E-state index contributed by atoms with van der Waals surface area (Å²) in [7, 11) is 3.00. The van der Waals surface area contributed by atoms with Crippen molar-refractivity contribution in [3.05, 3.63) is 40.4 Å². The number of anilines is 2. The van der Waals surface area contributed by atoms with Crippen LogP contribution in [-0.2, 0) is 9.59 Å². The molecule has 0 unspecified atom stereocenters. The van der Waals surface area contributed by atoms with Crippen molar-refractivity contribution in [3.63, 3.8) is 0 Å². The molecule has 1 aliphatic carbocycles. The fourth-order valence-corrected chi connectivity index (χ4v) is 4.48. The number of methoxy groups -OCH3 is 2. The third-order valence-corrected chi connectivity index (χ3v) is 6.38. The molecule has 7 nitrogen and oxygen atoms in total. The molecule has 2 aliphatic rings. The van der Waals surface area contributed by atoms with Gasteiger partial charge in [-0.1, -0.05) is 11.6 Å². The first-order chi connectivity index (χ1) is 15.3. The molecule has 0 bridgehead atoms. The van der Waals surface area contributed by atoms with Gasteiger partial charge in [-0.05, 0) is 62.4 Å². The van der Waals surface area contributed by atoms with Gasteiger partial charge in [-0.3, -0.25) is 14.6 Å². The Bertz CT molecular complexity index is 1130. The van der Waals surface area contributed by atoms with Gasteiger partial charge in [-0.25, -0.2) is 0 Å². The van der Waals surface area contributed by atoms with E-state index in [-0.39, 0.29) is 24.3 Å². The monoisotopic (exact) mass is 455 g/mol. The molecule has 8 heteroatoms. The standard InChI is InChI=1S/C24H26ClN3O4/c1-13-8-18-20(9-14(13)2)28(24(30)15-6-5-7-17(15)26-18)12-23(29)27-19-10-16(25)21(31-3)11-22(19)32-4/h8-11,15H,5-7,12H2,1-4H3,(H,27,29)/t15-/m0/s1. The minimum absolute atomic E-state index is 0.0851. The Morgan fingerprint density at radius 1 is 1.16 bits per heavy atom.